The number of anilines is 1. The summed E-state index contributed by atoms with van der Waals surface area (Å²) in [6, 6.07) is 5.66. The van der Waals surface area contributed by atoms with Crippen molar-refractivity contribution in [2.24, 2.45) is 0 Å². The molecule has 3 rings (SSSR count). The third kappa shape index (κ3) is 4.14. The lowest BCUT2D eigenvalue weighted by Crippen LogP contribution is -2.45. The van der Waals surface area contributed by atoms with E-state index in [9.17, 15) is 9.59 Å². The Morgan fingerprint density at radius 3 is 2.68 bits per heavy atom. The fourth-order valence-electron chi connectivity index (χ4n) is 3.69. The number of ether oxygens (including phenoxy) is 1. The van der Waals surface area contributed by atoms with Gasteiger partial charge in [-0.2, -0.15) is 0 Å². The molecule has 1 aliphatic heterocycles. The normalized spacial score (nSPS) is 20.1. The maximum Gasteiger partial charge on any atom is 0.410 e. The number of nitrogens with zero attached hydrogens (tertiary/aromatic N) is 1. The molecule has 1 aliphatic carbocycles. The predicted molar refractivity (Wildman–Crippen MR) is 97.7 cm³/mol. The second kappa shape index (κ2) is 7.06. The Balaban J connectivity index is 1.71. The van der Waals surface area contributed by atoms with Crippen LogP contribution in [0.4, 0.5) is 10.5 Å². The van der Waals surface area contributed by atoms with Crippen LogP contribution < -0.4 is 5.32 Å². The number of aryl methyl sites for hydroxylation is 1. The first-order valence-electron chi connectivity index (χ1n) is 9.26. The van der Waals surface area contributed by atoms with Crippen LogP contribution in [0, 0.1) is 0 Å². The molecule has 1 heterocycles. The van der Waals surface area contributed by atoms with Gasteiger partial charge in [0.2, 0.25) is 5.91 Å². The Bertz CT molecular complexity index is 663. The van der Waals surface area contributed by atoms with E-state index < -0.39 is 17.7 Å². The maximum atomic E-state index is 12.8. The van der Waals surface area contributed by atoms with Gasteiger partial charge in [0.25, 0.3) is 0 Å². The van der Waals surface area contributed by atoms with Crippen LogP contribution >= 0.6 is 0 Å². The number of carbonyl (C=O) groups excluding carboxylic acids is 2. The fraction of sp³-hybridized carbons (Fsp3) is 0.600. The van der Waals surface area contributed by atoms with Crippen LogP contribution in [0.25, 0.3) is 0 Å². The van der Waals surface area contributed by atoms with E-state index >= 15 is 0 Å². The standard InChI is InChI=1S/C20H28N2O3/c1-20(2,3)25-19(24)22-13-7-12-17(22)18(23)21-16-11-6-9-14-8-4-5-10-15(14)16/h6,9,11,17H,4-5,7-8,10,12-13H2,1-3H3,(H,21,23)/t17-/m1/s1. The van der Waals surface area contributed by atoms with Gasteiger partial charge in [0.1, 0.15) is 11.6 Å². The van der Waals surface area contributed by atoms with Crippen LogP contribution in [0.2, 0.25) is 0 Å². The molecular formula is C20H28N2O3. The van der Waals surface area contributed by atoms with E-state index in [-0.39, 0.29) is 5.91 Å². The van der Waals surface area contributed by atoms with E-state index in [1.165, 1.54) is 17.5 Å². The molecule has 0 bridgehead atoms. The molecule has 5 heteroatoms. The summed E-state index contributed by atoms with van der Waals surface area (Å²) in [6.45, 7) is 6.09. The monoisotopic (exact) mass is 344 g/mol. The Morgan fingerprint density at radius 2 is 1.92 bits per heavy atom. The van der Waals surface area contributed by atoms with Gasteiger partial charge in [-0.15, -0.1) is 0 Å². The van der Waals surface area contributed by atoms with Gasteiger partial charge in [-0.3, -0.25) is 9.69 Å². The van der Waals surface area contributed by atoms with Gasteiger partial charge in [-0.05, 0) is 76.5 Å². The van der Waals surface area contributed by atoms with Gasteiger partial charge < -0.3 is 10.1 Å². The molecule has 1 atom stereocenters. The van der Waals surface area contributed by atoms with Crippen molar-refractivity contribution in [1.82, 2.24) is 4.90 Å². The summed E-state index contributed by atoms with van der Waals surface area (Å²) >= 11 is 0. The molecule has 136 valence electrons. The molecule has 1 aromatic carbocycles. The highest BCUT2D eigenvalue weighted by molar-refractivity contribution is 5.97. The van der Waals surface area contributed by atoms with Crippen LogP contribution in [-0.2, 0) is 22.4 Å². The van der Waals surface area contributed by atoms with Gasteiger partial charge in [-0.1, -0.05) is 12.1 Å². The van der Waals surface area contributed by atoms with E-state index in [0.29, 0.717) is 13.0 Å². The summed E-state index contributed by atoms with van der Waals surface area (Å²) in [4.78, 5) is 26.8. The molecule has 0 unspecified atom stereocenters. The van der Waals surface area contributed by atoms with E-state index in [4.69, 9.17) is 4.74 Å². The molecule has 25 heavy (non-hydrogen) atoms. The summed E-state index contributed by atoms with van der Waals surface area (Å²) in [7, 11) is 0. The third-order valence-corrected chi connectivity index (χ3v) is 4.84. The summed E-state index contributed by atoms with van der Waals surface area (Å²) in [6.07, 6.45) is 5.55. The lowest BCUT2D eigenvalue weighted by molar-refractivity contribution is -0.120. The van der Waals surface area contributed by atoms with Crippen molar-refractivity contribution in [3.8, 4) is 0 Å². The first kappa shape index (κ1) is 17.8. The average Bonchev–Trinajstić information content (AvgIpc) is 3.03. The molecule has 0 aromatic heterocycles. The SMILES string of the molecule is CC(C)(C)OC(=O)N1CCC[C@@H]1C(=O)Nc1cccc2c1CCCC2. The van der Waals surface area contributed by atoms with Crippen molar-refractivity contribution in [3.63, 3.8) is 0 Å². The van der Waals surface area contributed by atoms with Gasteiger partial charge >= 0.3 is 6.09 Å². The zero-order chi connectivity index (χ0) is 18.0. The highest BCUT2D eigenvalue weighted by atomic mass is 16.6. The minimum atomic E-state index is -0.556. The van der Waals surface area contributed by atoms with Gasteiger partial charge in [-0.25, -0.2) is 4.79 Å². The zero-order valence-corrected chi connectivity index (χ0v) is 15.4. The fourth-order valence-corrected chi connectivity index (χ4v) is 3.69. The van der Waals surface area contributed by atoms with Crippen LogP contribution in [0.5, 0.6) is 0 Å². The van der Waals surface area contributed by atoms with Crippen LogP contribution in [0.15, 0.2) is 18.2 Å². The number of benzene rings is 1. The van der Waals surface area contributed by atoms with Crippen molar-refractivity contribution in [2.75, 3.05) is 11.9 Å². The molecule has 2 amide bonds. The first-order chi connectivity index (χ1) is 11.8. The highest BCUT2D eigenvalue weighted by Crippen LogP contribution is 2.29. The zero-order valence-electron chi connectivity index (χ0n) is 15.4. The quantitative estimate of drug-likeness (QED) is 0.885. The predicted octanol–water partition coefficient (Wildman–Crippen LogP) is 3.90. The molecule has 1 N–H and O–H groups in total. The van der Waals surface area contributed by atoms with Crippen LogP contribution in [0.1, 0.15) is 57.6 Å². The summed E-state index contributed by atoms with van der Waals surface area (Å²) < 4.78 is 5.45. The Kier molecular flexibility index (Phi) is 5.02. The lowest BCUT2D eigenvalue weighted by Gasteiger charge is -2.28. The Morgan fingerprint density at radius 1 is 1.16 bits per heavy atom. The van der Waals surface area contributed by atoms with Gasteiger partial charge in [0.15, 0.2) is 0 Å². The highest BCUT2D eigenvalue weighted by Gasteiger charge is 2.36. The minimum absolute atomic E-state index is 0.109. The molecule has 0 radical (unpaired) electrons. The molecular weight excluding hydrogens is 316 g/mol. The average molecular weight is 344 g/mol. The van der Waals surface area contributed by atoms with Crippen molar-refractivity contribution < 1.29 is 14.3 Å². The van der Waals surface area contributed by atoms with Crippen molar-refractivity contribution >= 4 is 17.7 Å². The summed E-state index contributed by atoms with van der Waals surface area (Å²) in [5.41, 5.74) is 2.93. The largest absolute Gasteiger partial charge is 0.444 e. The van der Waals surface area contributed by atoms with Crippen LogP contribution in [0.3, 0.4) is 0 Å². The Hall–Kier alpha value is -2.04. The molecule has 0 spiro atoms. The number of amides is 2. The molecule has 2 aliphatic rings. The van der Waals surface area contributed by atoms with Crippen LogP contribution in [-0.4, -0.2) is 35.1 Å². The Labute approximate surface area is 149 Å². The smallest absolute Gasteiger partial charge is 0.410 e. The molecule has 1 saturated heterocycles. The van der Waals surface area contributed by atoms with E-state index in [1.54, 1.807) is 4.90 Å². The molecule has 1 fully saturated rings. The topological polar surface area (TPSA) is 58.6 Å². The number of carbonyl (C=O) groups is 2. The van der Waals surface area contributed by atoms with Gasteiger partial charge in [0, 0.05) is 12.2 Å². The van der Waals surface area contributed by atoms with Crippen molar-refractivity contribution in [2.45, 2.75) is 70.9 Å². The minimum Gasteiger partial charge on any atom is -0.444 e. The van der Waals surface area contributed by atoms with E-state index in [2.05, 4.69) is 11.4 Å². The number of likely N-dealkylation sites (tertiary alicyclic amines) is 1. The second-order valence-corrected chi connectivity index (χ2v) is 7.97. The maximum absolute atomic E-state index is 12.8. The number of hydrogen-bond donors (Lipinski definition) is 1. The lowest BCUT2D eigenvalue weighted by atomic mass is 9.90. The second-order valence-electron chi connectivity index (χ2n) is 7.97. The number of nitrogens with one attached hydrogen (secondary N) is 1. The molecule has 0 saturated carbocycles. The van der Waals surface area contributed by atoms with Crippen molar-refractivity contribution in [3.05, 3.63) is 29.3 Å². The summed E-state index contributed by atoms with van der Waals surface area (Å²) in [5.74, 6) is -0.109. The number of hydrogen-bond acceptors (Lipinski definition) is 3. The number of rotatable bonds is 2. The first-order valence-corrected chi connectivity index (χ1v) is 9.26. The number of fused-ring (bicyclic) bond motifs is 1. The van der Waals surface area contributed by atoms with E-state index in [0.717, 1.165) is 31.4 Å². The third-order valence-electron chi connectivity index (χ3n) is 4.84. The molecule has 5 nitrogen and oxygen atoms in total. The van der Waals surface area contributed by atoms with Gasteiger partial charge in [0.05, 0.1) is 0 Å². The molecule has 1 aromatic rings. The van der Waals surface area contributed by atoms with E-state index in [1.807, 2.05) is 32.9 Å². The summed E-state index contributed by atoms with van der Waals surface area (Å²) in [5, 5.41) is 3.07. The van der Waals surface area contributed by atoms with Crippen molar-refractivity contribution in [1.29, 1.82) is 0 Å².